The second kappa shape index (κ2) is 8.68. The van der Waals surface area contributed by atoms with Crippen LogP contribution in [0, 0.1) is 6.92 Å². The molecule has 1 aromatic heterocycles. The average Bonchev–Trinajstić information content (AvgIpc) is 2.82. The van der Waals surface area contributed by atoms with E-state index >= 15 is 0 Å². The van der Waals surface area contributed by atoms with E-state index in [9.17, 15) is 9.59 Å². The molecule has 8 heteroatoms. The fourth-order valence-corrected chi connectivity index (χ4v) is 2.81. The van der Waals surface area contributed by atoms with Crippen molar-refractivity contribution in [3.8, 4) is 0 Å². The first-order valence-electron chi connectivity index (χ1n) is 8.52. The first kappa shape index (κ1) is 18.3. The third-order valence-corrected chi connectivity index (χ3v) is 4.21. The quantitative estimate of drug-likeness (QED) is 0.878. The normalized spacial score (nSPS) is 15.9. The minimum absolute atomic E-state index is 0.149. The number of amides is 3. The number of carbonyl (C=O) groups is 2. The monoisotopic (exact) mass is 337 g/mol. The number of rotatable bonds is 5. The van der Waals surface area contributed by atoms with Gasteiger partial charge in [0.05, 0.1) is 6.54 Å². The summed E-state index contributed by atoms with van der Waals surface area (Å²) in [6.45, 7) is 10.4. The molecule has 0 aromatic carbocycles. The van der Waals surface area contributed by atoms with E-state index in [1.54, 1.807) is 17.9 Å². The van der Waals surface area contributed by atoms with E-state index in [1.807, 2.05) is 18.7 Å². The van der Waals surface area contributed by atoms with Crippen LogP contribution >= 0.6 is 0 Å². The molecule has 0 unspecified atom stereocenters. The number of likely N-dealkylation sites (N-methyl/N-ethyl adjacent to an activating group) is 1. The Kier molecular flexibility index (Phi) is 6.60. The summed E-state index contributed by atoms with van der Waals surface area (Å²) in [5.41, 5.74) is 0. The van der Waals surface area contributed by atoms with Gasteiger partial charge in [-0.15, -0.1) is 0 Å². The number of hydrogen-bond donors (Lipinski definition) is 1. The molecule has 0 saturated carbocycles. The highest BCUT2D eigenvalue weighted by Crippen LogP contribution is 2.10. The molecule has 1 aliphatic rings. The highest BCUT2D eigenvalue weighted by atomic mass is 16.5. The number of anilines is 1. The van der Waals surface area contributed by atoms with Crippen molar-refractivity contribution in [2.75, 3.05) is 51.1 Å². The summed E-state index contributed by atoms with van der Waals surface area (Å²) in [6, 6.07) is 1.50. The summed E-state index contributed by atoms with van der Waals surface area (Å²) in [7, 11) is 0. The second-order valence-corrected chi connectivity index (χ2v) is 5.94. The van der Waals surface area contributed by atoms with Crippen LogP contribution in [0.1, 0.15) is 26.0 Å². The number of aryl methyl sites for hydroxylation is 1. The largest absolute Gasteiger partial charge is 0.360 e. The van der Waals surface area contributed by atoms with Gasteiger partial charge in [0.25, 0.3) is 0 Å². The van der Waals surface area contributed by atoms with E-state index < -0.39 is 0 Å². The number of hydrogen-bond acceptors (Lipinski definition) is 5. The minimum Gasteiger partial charge on any atom is -0.360 e. The lowest BCUT2D eigenvalue weighted by atomic mass is 10.3. The van der Waals surface area contributed by atoms with Crippen molar-refractivity contribution in [1.82, 2.24) is 19.9 Å². The molecular weight excluding hydrogens is 310 g/mol. The summed E-state index contributed by atoms with van der Waals surface area (Å²) in [5.74, 6) is 1.23. The van der Waals surface area contributed by atoms with Gasteiger partial charge in [-0.05, 0) is 27.2 Å². The summed E-state index contributed by atoms with van der Waals surface area (Å²) in [4.78, 5) is 30.2. The first-order valence-corrected chi connectivity index (χ1v) is 8.52. The maximum absolute atomic E-state index is 12.3. The van der Waals surface area contributed by atoms with E-state index in [0.29, 0.717) is 37.8 Å². The third-order valence-electron chi connectivity index (χ3n) is 4.21. The molecule has 0 atom stereocenters. The molecule has 1 fully saturated rings. The van der Waals surface area contributed by atoms with E-state index in [4.69, 9.17) is 4.52 Å². The van der Waals surface area contributed by atoms with Crippen molar-refractivity contribution in [2.24, 2.45) is 0 Å². The summed E-state index contributed by atoms with van der Waals surface area (Å²) < 4.78 is 4.95. The zero-order valence-electron chi connectivity index (χ0n) is 14.7. The van der Waals surface area contributed by atoms with Gasteiger partial charge in [0, 0.05) is 45.3 Å². The summed E-state index contributed by atoms with van der Waals surface area (Å²) >= 11 is 0. The van der Waals surface area contributed by atoms with Crippen LogP contribution in [0.25, 0.3) is 0 Å². The number of aromatic nitrogens is 1. The Hall–Kier alpha value is -2.09. The molecule has 0 spiro atoms. The molecule has 0 radical (unpaired) electrons. The molecule has 8 nitrogen and oxygen atoms in total. The van der Waals surface area contributed by atoms with E-state index in [1.165, 1.54) is 0 Å². The Morgan fingerprint density at radius 1 is 1.25 bits per heavy atom. The van der Waals surface area contributed by atoms with Crippen LogP contribution in [0.4, 0.5) is 10.6 Å². The number of nitrogens with zero attached hydrogens (tertiary/aromatic N) is 4. The number of nitrogens with one attached hydrogen (secondary N) is 1. The molecule has 134 valence electrons. The minimum atomic E-state index is -0.180. The highest BCUT2D eigenvalue weighted by Gasteiger charge is 2.22. The SMILES string of the molecule is CCN(CC)C(=O)CN1CCCN(C(=O)Nc2cc(C)on2)CC1. The van der Waals surface area contributed by atoms with Gasteiger partial charge in [0.15, 0.2) is 5.82 Å². The Balaban J connectivity index is 1.83. The predicted octanol–water partition coefficient (Wildman–Crippen LogP) is 1.39. The molecule has 3 amide bonds. The fourth-order valence-electron chi connectivity index (χ4n) is 2.81. The van der Waals surface area contributed by atoms with Gasteiger partial charge in [0.1, 0.15) is 5.76 Å². The lowest BCUT2D eigenvalue weighted by Crippen LogP contribution is -2.42. The van der Waals surface area contributed by atoms with Crippen LogP contribution in [0.5, 0.6) is 0 Å². The molecule has 1 saturated heterocycles. The zero-order chi connectivity index (χ0) is 17.5. The van der Waals surface area contributed by atoms with Crippen molar-refractivity contribution >= 4 is 17.8 Å². The average molecular weight is 337 g/mol. The van der Waals surface area contributed by atoms with Crippen LogP contribution in [-0.2, 0) is 4.79 Å². The van der Waals surface area contributed by atoms with Gasteiger partial charge in [-0.1, -0.05) is 5.16 Å². The zero-order valence-corrected chi connectivity index (χ0v) is 14.7. The molecule has 0 aliphatic carbocycles. The van der Waals surface area contributed by atoms with E-state index in [2.05, 4.69) is 15.4 Å². The standard InChI is InChI=1S/C16H27N5O3/c1-4-20(5-2)15(22)12-19-7-6-8-21(10-9-19)16(23)17-14-11-13(3)24-18-14/h11H,4-10,12H2,1-3H3,(H,17,18,23). The molecule has 24 heavy (non-hydrogen) atoms. The lowest BCUT2D eigenvalue weighted by Gasteiger charge is -2.25. The maximum atomic E-state index is 12.3. The lowest BCUT2D eigenvalue weighted by molar-refractivity contribution is -0.132. The molecule has 1 aromatic rings. The fraction of sp³-hybridized carbons (Fsp3) is 0.688. The van der Waals surface area contributed by atoms with E-state index in [-0.39, 0.29) is 11.9 Å². The summed E-state index contributed by atoms with van der Waals surface area (Å²) in [5, 5.41) is 6.51. The van der Waals surface area contributed by atoms with Crippen LogP contribution in [-0.4, -0.2) is 77.6 Å². The Morgan fingerprint density at radius 2 is 2.00 bits per heavy atom. The Labute approximate surface area is 142 Å². The summed E-state index contributed by atoms with van der Waals surface area (Å²) in [6.07, 6.45) is 0.844. The van der Waals surface area contributed by atoms with Gasteiger partial charge in [0.2, 0.25) is 5.91 Å². The van der Waals surface area contributed by atoms with Crippen LogP contribution in [0.15, 0.2) is 10.6 Å². The number of urea groups is 1. The topological polar surface area (TPSA) is 81.9 Å². The van der Waals surface area contributed by atoms with Gasteiger partial charge in [-0.3, -0.25) is 15.0 Å². The molecule has 2 rings (SSSR count). The third kappa shape index (κ3) is 4.95. The van der Waals surface area contributed by atoms with Crippen molar-refractivity contribution < 1.29 is 14.1 Å². The molecule has 0 bridgehead atoms. The molecule has 2 heterocycles. The van der Waals surface area contributed by atoms with Crippen molar-refractivity contribution in [3.05, 3.63) is 11.8 Å². The first-order chi connectivity index (χ1) is 11.5. The van der Waals surface area contributed by atoms with Gasteiger partial charge < -0.3 is 14.3 Å². The van der Waals surface area contributed by atoms with Crippen LogP contribution < -0.4 is 5.32 Å². The Morgan fingerprint density at radius 3 is 2.62 bits per heavy atom. The molecule has 1 aliphatic heterocycles. The van der Waals surface area contributed by atoms with Crippen molar-refractivity contribution in [3.63, 3.8) is 0 Å². The highest BCUT2D eigenvalue weighted by molar-refractivity contribution is 5.88. The smallest absolute Gasteiger partial charge is 0.323 e. The van der Waals surface area contributed by atoms with Crippen molar-refractivity contribution in [2.45, 2.75) is 27.2 Å². The van der Waals surface area contributed by atoms with Gasteiger partial charge in [-0.2, -0.15) is 0 Å². The van der Waals surface area contributed by atoms with Crippen LogP contribution in [0.2, 0.25) is 0 Å². The Bertz CT molecular complexity index is 556. The van der Waals surface area contributed by atoms with Crippen molar-refractivity contribution in [1.29, 1.82) is 0 Å². The second-order valence-electron chi connectivity index (χ2n) is 5.94. The molecular formula is C16H27N5O3. The van der Waals surface area contributed by atoms with E-state index in [0.717, 1.165) is 26.1 Å². The predicted molar refractivity (Wildman–Crippen MR) is 90.8 cm³/mol. The maximum Gasteiger partial charge on any atom is 0.323 e. The number of carbonyl (C=O) groups excluding carboxylic acids is 2. The molecule has 1 N–H and O–H groups in total. The van der Waals surface area contributed by atoms with Gasteiger partial charge >= 0.3 is 6.03 Å². The van der Waals surface area contributed by atoms with Crippen LogP contribution in [0.3, 0.4) is 0 Å². The van der Waals surface area contributed by atoms with Gasteiger partial charge in [-0.25, -0.2) is 4.79 Å².